The number of alkyl halides is 1. The number of halogens is 1. The minimum atomic E-state index is -0.382. The van der Waals surface area contributed by atoms with Crippen molar-refractivity contribution < 1.29 is 4.79 Å². The summed E-state index contributed by atoms with van der Waals surface area (Å²) in [5.74, 6) is 0.00974. The Bertz CT molecular complexity index is 313. The number of likely N-dealkylation sites (tertiary alicyclic amines) is 1. The molecule has 1 heterocycles. The predicted molar refractivity (Wildman–Crippen MR) is 51.6 cm³/mol. The van der Waals surface area contributed by atoms with E-state index in [1.807, 2.05) is 30.3 Å². The highest BCUT2D eigenvalue weighted by molar-refractivity contribution is 6.33. The zero-order chi connectivity index (χ0) is 9.42. The molecule has 1 saturated heterocycles. The number of amides is 1. The maximum atomic E-state index is 11.1. The topological polar surface area (TPSA) is 20.3 Å². The number of rotatable bonds is 1. The first-order chi connectivity index (χ1) is 6.22. The average Bonchev–Trinajstić information content (AvgIpc) is 2.19. The minimum Gasteiger partial charge on any atom is -0.335 e. The first-order valence-corrected chi connectivity index (χ1v) is 4.61. The molecule has 0 aliphatic carbocycles. The van der Waals surface area contributed by atoms with Crippen molar-refractivity contribution in [2.75, 3.05) is 7.05 Å². The summed E-state index contributed by atoms with van der Waals surface area (Å²) in [7, 11) is 1.78. The van der Waals surface area contributed by atoms with Gasteiger partial charge in [0.1, 0.15) is 5.38 Å². The van der Waals surface area contributed by atoms with Gasteiger partial charge in [0.15, 0.2) is 0 Å². The molecule has 13 heavy (non-hydrogen) atoms. The van der Waals surface area contributed by atoms with Crippen LogP contribution in [-0.4, -0.2) is 23.2 Å². The number of β-lactam (4-membered cyclic amide) rings is 1. The van der Waals surface area contributed by atoms with Crippen LogP contribution in [0.2, 0.25) is 0 Å². The SMILES string of the molecule is CN1C(=O)[C@H](Cl)[C@@H]1c1ccccc1. The Morgan fingerprint density at radius 1 is 1.31 bits per heavy atom. The van der Waals surface area contributed by atoms with Gasteiger partial charge < -0.3 is 4.90 Å². The van der Waals surface area contributed by atoms with Crippen molar-refractivity contribution in [1.29, 1.82) is 0 Å². The maximum Gasteiger partial charge on any atom is 0.243 e. The van der Waals surface area contributed by atoms with Crippen LogP contribution in [0.15, 0.2) is 30.3 Å². The van der Waals surface area contributed by atoms with Crippen LogP contribution in [0, 0.1) is 0 Å². The highest BCUT2D eigenvalue weighted by Crippen LogP contribution is 2.36. The molecule has 1 aliphatic heterocycles. The quantitative estimate of drug-likeness (QED) is 0.495. The van der Waals surface area contributed by atoms with Crippen molar-refractivity contribution in [3.63, 3.8) is 0 Å². The zero-order valence-electron chi connectivity index (χ0n) is 7.27. The van der Waals surface area contributed by atoms with Gasteiger partial charge in [-0.05, 0) is 5.56 Å². The smallest absolute Gasteiger partial charge is 0.243 e. The molecule has 2 rings (SSSR count). The lowest BCUT2D eigenvalue weighted by Gasteiger charge is -2.41. The van der Waals surface area contributed by atoms with E-state index in [0.29, 0.717) is 0 Å². The van der Waals surface area contributed by atoms with Gasteiger partial charge >= 0.3 is 0 Å². The number of nitrogens with zero attached hydrogens (tertiary/aromatic N) is 1. The molecular weight excluding hydrogens is 186 g/mol. The van der Waals surface area contributed by atoms with Crippen LogP contribution in [0.5, 0.6) is 0 Å². The Morgan fingerprint density at radius 3 is 2.46 bits per heavy atom. The van der Waals surface area contributed by atoms with Crippen LogP contribution in [0.4, 0.5) is 0 Å². The molecule has 1 aliphatic rings. The van der Waals surface area contributed by atoms with Crippen LogP contribution >= 0.6 is 11.6 Å². The number of hydrogen-bond acceptors (Lipinski definition) is 1. The molecule has 0 saturated carbocycles. The summed E-state index contributed by atoms with van der Waals surface area (Å²) in [6.07, 6.45) is 0. The highest BCUT2D eigenvalue weighted by Gasteiger charge is 2.44. The van der Waals surface area contributed by atoms with Gasteiger partial charge in [-0.3, -0.25) is 4.79 Å². The summed E-state index contributed by atoms with van der Waals surface area (Å²) in [5.41, 5.74) is 1.10. The third kappa shape index (κ3) is 1.22. The Hall–Kier alpha value is -1.02. The third-order valence-corrected chi connectivity index (χ3v) is 2.84. The van der Waals surface area contributed by atoms with E-state index in [0.717, 1.165) is 5.56 Å². The number of carbonyl (C=O) groups is 1. The lowest BCUT2D eigenvalue weighted by molar-refractivity contribution is -0.142. The number of hydrogen-bond donors (Lipinski definition) is 0. The van der Waals surface area contributed by atoms with Crippen LogP contribution < -0.4 is 0 Å². The minimum absolute atomic E-state index is 0.00974. The molecule has 3 heteroatoms. The molecule has 68 valence electrons. The molecule has 1 aromatic rings. The molecule has 1 fully saturated rings. The Morgan fingerprint density at radius 2 is 1.92 bits per heavy atom. The molecule has 1 aromatic carbocycles. The van der Waals surface area contributed by atoms with E-state index in [4.69, 9.17) is 11.6 Å². The van der Waals surface area contributed by atoms with Gasteiger partial charge in [0.25, 0.3) is 0 Å². The van der Waals surface area contributed by atoms with Gasteiger partial charge in [-0.25, -0.2) is 0 Å². The van der Waals surface area contributed by atoms with Gasteiger partial charge in [-0.2, -0.15) is 0 Å². The van der Waals surface area contributed by atoms with E-state index in [2.05, 4.69) is 0 Å². The summed E-state index contributed by atoms with van der Waals surface area (Å²) in [5, 5.41) is -0.382. The van der Waals surface area contributed by atoms with Crippen LogP contribution in [0.3, 0.4) is 0 Å². The second-order valence-electron chi connectivity index (χ2n) is 3.21. The van der Waals surface area contributed by atoms with E-state index >= 15 is 0 Å². The monoisotopic (exact) mass is 195 g/mol. The van der Waals surface area contributed by atoms with Gasteiger partial charge in [0, 0.05) is 7.05 Å². The summed E-state index contributed by atoms with van der Waals surface area (Å²) in [6.45, 7) is 0. The summed E-state index contributed by atoms with van der Waals surface area (Å²) < 4.78 is 0. The fourth-order valence-corrected chi connectivity index (χ4v) is 2.09. The van der Waals surface area contributed by atoms with Gasteiger partial charge in [0.2, 0.25) is 5.91 Å². The van der Waals surface area contributed by atoms with Crippen molar-refractivity contribution in [3.05, 3.63) is 35.9 Å². The zero-order valence-corrected chi connectivity index (χ0v) is 8.03. The third-order valence-electron chi connectivity index (χ3n) is 2.42. The molecule has 1 amide bonds. The summed E-state index contributed by atoms with van der Waals surface area (Å²) in [4.78, 5) is 12.8. The molecule has 0 spiro atoms. The second kappa shape index (κ2) is 3.04. The van der Waals surface area contributed by atoms with Crippen molar-refractivity contribution >= 4 is 17.5 Å². The Balaban J connectivity index is 2.25. The first-order valence-electron chi connectivity index (χ1n) is 4.17. The molecule has 0 radical (unpaired) electrons. The fraction of sp³-hybridized carbons (Fsp3) is 0.300. The summed E-state index contributed by atoms with van der Waals surface area (Å²) in [6, 6.07) is 9.89. The molecule has 0 aromatic heterocycles. The van der Waals surface area contributed by atoms with E-state index in [1.54, 1.807) is 11.9 Å². The van der Waals surface area contributed by atoms with Crippen LogP contribution in [0.25, 0.3) is 0 Å². The van der Waals surface area contributed by atoms with E-state index in [-0.39, 0.29) is 17.3 Å². The fourth-order valence-electron chi connectivity index (χ4n) is 1.62. The normalized spacial score (nSPS) is 27.2. The molecule has 2 atom stereocenters. The van der Waals surface area contributed by atoms with Crippen molar-refractivity contribution in [1.82, 2.24) is 4.90 Å². The number of carbonyl (C=O) groups excluding carboxylic acids is 1. The Kier molecular flexibility index (Phi) is 2.00. The van der Waals surface area contributed by atoms with Crippen molar-refractivity contribution in [2.45, 2.75) is 11.4 Å². The van der Waals surface area contributed by atoms with Crippen molar-refractivity contribution in [3.8, 4) is 0 Å². The van der Waals surface area contributed by atoms with E-state index < -0.39 is 0 Å². The van der Waals surface area contributed by atoms with Crippen LogP contribution in [0.1, 0.15) is 11.6 Å². The lowest BCUT2D eigenvalue weighted by atomic mass is 9.94. The molecule has 0 bridgehead atoms. The summed E-state index contributed by atoms with van der Waals surface area (Å²) >= 11 is 5.90. The van der Waals surface area contributed by atoms with E-state index in [9.17, 15) is 4.79 Å². The molecule has 2 nitrogen and oxygen atoms in total. The first kappa shape index (κ1) is 8.57. The highest BCUT2D eigenvalue weighted by atomic mass is 35.5. The molecule has 0 unspecified atom stereocenters. The van der Waals surface area contributed by atoms with Crippen molar-refractivity contribution in [2.24, 2.45) is 0 Å². The predicted octanol–water partition coefficient (Wildman–Crippen LogP) is 1.81. The standard InChI is InChI=1S/C10H10ClNO/c1-12-9(8(11)10(12)13)7-5-3-2-4-6-7/h2-6,8-9H,1H3/t8-,9+/m1/s1. The van der Waals surface area contributed by atoms with E-state index in [1.165, 1.54) is 0 Å². The van der Waals surface area contributed by atoms with Gasteiger partial charge in [-0.15, -0.1) is 11.6 Å². The van der Waals surface area contributed by atoms with Gasteiger partial charge in [0.05, 0.1) is 6.04 Å². The molecule has 0 N–H and O–H groups in total. The maximum absolute atomic E-state index is 11.1. The average molecular weight is 196 g/mol. The second-order valence-corrected chi connectivity index (χ2v) is 3.68. The Labute approximate surface area is 82.1 Å². The van der Waals surface area contributed by atoms with Crippen LogP contribution in [-0.2, 0) is 4.79 Å². The van der Waals surface area contributed by atoms with Gasteiger partial charge in [-0.1, -0.05) is 30.3 Å². The number of benzene rings is 1. The molecular formula is C10H10ClNO. The largest absolute Gasteiger partial charge is 0.335 e. The lowest BCUT2D eigenvalue weighted by Crippen LogP contribution is -2.53.